The van der Waals surface area contributed by atoms with Gasteiger partial charge >= 0.3 is 0 Å². The van der Waals surface area contributed by atoms with Gasteiger partial charge in [0.1, 0.15) is 0 Å². The Morgan fingerprint density at radius 3 is 2.88 bits per heavy atom. The van der Waals surface area contributed by atoms with Crippen LogP contribution in [-0.2, 0) is 12.8 Å². The van der Waals surface area contributed by atoms with Crippen LogP contribution in [0.5, 0.6) is 0 Å². The van der Waals surface area contributed by atoms with Crippen LogP contribution in [-0.4, -0.2) is 42.5 Å². The van der Waals surface area contributed by atoms with Crippen molar-refractivity contribution in [2.45, 2.75) is 19.8 Å². The van der Waals surface area contributed by atoms with Crippen molar-refractivity contribution in [2.24, 2.45) is 4.99 Å². The highest BCUT2D eigenvalue weighted by Crippen LogP contribution is 2.18. The number of aliphatic imine (C=N–C) groups is 1. The van der Waals surface area contributed by atoms with Gasteiger partial charge in [0.15, 0.2) is 5.96 Å². The third-order valence-electron chi connectivity index (χ3n) is 4.29. The minimum Gasteiger partial charge on any atom is -0.361 e. The highest BCUT2D eigenvalue weighted by atomic mass is 32.1. The molecule has 0 saturated carbocycles. The lowest BCUT2D eigenvalue weighted by atomic mass is 10.1. The fraction of sp³-hybridized carbons (Fsp3) is 0.350. The first-order valence-electron chi connectivity index (χ1n) is 8.84. The Morgan fingerprint density at radius 2 is 2.08 bits per heavy atom. The average molecular weight is 355 g/mol. The summed E-state index contributed by atoms with van der Waals surface area (Å²) in [5.74, 6) is 0.985. The second-order valence-corrected chi connectivity index (χ2v) is 7.13. The smallest absolute Gasteiger partial charge is 0.193 e. The lowest BCUT2D eigenvalue weighted by Crippen LogP contribution is -2.40. The molecule has 2 N–H and O–H groups in total. The number of aromatic nitrogens is 1. The number of hydrogen-bond acceptors (Lipinski definition) is 2. The van der Waals surface area contributed by atoms with E-state index in [2.05, 4.69) is 77.1 Å². The summed E-state index contributed by atoms with van der Waals surface area (Å²) in [5, 5.41) is 6.84. The Balaban J connectivity index is 1.59. The molecule has 1 aromatic carbocycles. The molecule has 5 heteroatoms. The molecule has 25 heavy (non-hydrogen) atoms. The molecule has 4 nitrogen and oxygen atoms in total. The van der Waals surface area contributed by atoms with Crippen LogP contribution in [0.2, 0.25) is 0 Å². The lowest BCUT2D eigenvalue weighted by Gasteiger charge is -2.21. The highest BCUT2D eigenvalue weighted by molar-refractivity contribution is 7.09. The fourth-order valence-electron chi connectivity index (χ4n) is 2.93. The Bertz CT molecular complexity index is 804. The molecule has 132 valence electrons. The molecule has 0 spiro atoms. The molecule has 0 saturated heterocycles. The molecule has 0 bridgehead atoms. The number of likely N-dealkylation sites (N-methyl/N-ethyl adjacent to an activating group) is 1. The van der Waals surface area contributed by atoms with Crippen LogP contribution < -0.4 is 5.32 Å². The van der Waals surface area contributed by atoms with Crippen LogP contribution in [0, 0.1) is 0 Å². The van der Waals surface area contributed by atoms with Gasteiger partial charge in [-0.05, 0) is 42.8 Å². The van der Waals surface area contributed by atoms with E-state index in [0.717, 1.165) is 38.4 Å². The maximum atomic E-state index is 4.82. The number of rotatable bonds is 7. The van der Waals surface area contributed by atoms with Crippen LogP contribution in [0.4, 0.5) is 0 Å². The van der Waals surface area contributed by atoms with Crippen LogP contribution >= 0.6 is 11.3 Å². The summed E-state index contributed by atoms with van der Waals surface area (Å²) >= 11 is 1.82. The molecule has 0 atom stereocenters. The van der Waals surface area contributed by atoms with Crippen molar-refractivity contribution in [3.8, 4) is 0 Å². The zero-order chi connectivity index (χ0) is 17.5. The van der Waals surface area contributed by atoms with Crippen LogP contribution in [0.15, 0.2) is 53.0 Å². The molecular formula is C20H26N4S. The molecule has 0 aliphatic rings. The van der Waals surface area contributed by atoms with Gasteiger partial charge in [0, 0.05) is 48.7 Å². The number of para-hydroxylation sites is 1. The number of aromatic amines is 1. The molecule has 2 aromatic heterocycles. The highest BCUT2D eigenvalue weighted by Gasteiger charge is 2.07. The van der Waals surface area contributed by atoms with Gasteiger partial charge in [-0.1, -0.05) is 24.3 Å². The standard InChI is InChI=1S/C20H26N4S/c1-3-21-20(24(2)13-11-17-7-6-14-25-17)22-12-10-16-15-23-19-9-5-4-8-18(16)19/h4-9,14-15,23H,3,10-13H2,1-2H3,(H,21,22). The van der Waals surface area contributed by atoms with Crippen molar-refractivity contribution < 1.29 is 0 Å². The van der Waals surface area contributed by atoms with E-state index in [4.69, 9.17) is 4.99 Å². The van der Waals surface area contributed by atoms with Gasteiger partial charge in [-0.15, -0.1) is 11.3 Å². The van der Waals surface area contributed by atoms with Crippen molar-refractivity contribution >= 4 is 28.2 Å². The first kappa shape index (κ1) is 17.5. The number of guanidine groups is 1. The summed E-state index contributed by atoms with van der Waals surface area (Å²) in [6.45, 7) is 4.75. The van der Waals surface area contributed by atoms with E-state index in [1.165, 1.54) is 21.3 Å². The number of nitrogens with one attached hydrogen (secondary N) is 2. The average Bonchev–Trinajstić information content (AvgIpc) is 3.29. The van der Waals surface area contributed by atoms with Crippen LogP contribution in [0.25, 0.3) is 10.9 Å². The third-order valence-corrected chi connectivity index (χ3v) is 5.22. The van der Waals surface area contributed by atoms with E-state index in [-0.39, 0.29) is 0 Å². The molecule has 0 fully saturated rings. The van der Waals surface area contributed by atoms with Gasteiger partial charge in [-0.2, -0.15) is 0 Å². The molecule has 0 unspecified atom stereocenters. The zero-order valence-electron chi connectivity index (χ0n) is 15.0. The number of nitrogens with zero attached hydrogens (tertiary/aromatic N) is 2. The predicted octanol–water partition coefficient (Wildman–Crippen LogP) is 3.91. The summed E-state index contributed by atoms with van der Waals surface area (Å²) in [6, 6.07) is 12.7. The van der Waals surface area contributed by atoms with E-state index >= 15 is 0 Å². The predicted molar refractivity (Wildman–Crippen MR) is 109 cm³/mol. The number of fused-ring (bicyclic) bond motifs is 1. The Morgan fingerprint density at radius 1 is 1.20 bits per heavy atom. The molecule has 0 aliphatic heterocycles. The Labute approximate surface area is 153 Å². The van der Waals surface area contributed by atoms with Gasteiger partial charge < -0.3 is 15.2 Å². The Hall–Kier alpha value is -2.27. The summed E-state index contributed by atoms with van der Waals surface area (Å²) in [7, 11) is 2.11. The molecule has 0 aliphatic carbocycles. The van der Waals surface area contributed by atoms with Crippen molar-refractivity contribution in [1.82, 2.24) is 15.2 Å². The number of hydrogen-bond donors (Lipinski definition) is 2. The number of thiophene rings is 1. The van der Waals surface area contributed by atoms with Gasteiger partial charge in [0.25, 0.3) is 0 Å². The van der Waals surface area contributed by atoms with Crippen LogP contribution in [0.3, 0.4) is 0 Å². The minimum absolute atomic E-state index is 0.785. The second-order valence-electron chi connectivity index (χ2n) is 6.10. The molecular weight excluding hydrogens is 328 g/mol. The maximum absolute atomic E-state index is 4.82. The summed E-state index contributed by atoms with van der Waals surface area (Å²) < 4.78 is 0. The summed E-state index contributed by atoms with van der Waals surface area (Å²) in [5.41, 5.74) is 2.53. The monoisotopic (exact) mass is 354 g/mol. The normalized spacial score (nSPS) is 11.8. The van der Waals surface area contributed by atoms with Crippen LogP contribution in [0.1, 0.15) is 17.4 Å². The maximum Gasteiger partial charge on any atom is 0.193 e. The second kappa shape index (κ2) is 8.72. The van der Waals surface area contributed by atoms with E-state index in [1.807, 2.05) is 11.3 Å². The quantitative estimate of drug-likeness (QED) is 0.499. The summed E-state index contributed by atoms with van der Waals surface area (Å²) in [4.78, 5) is 11.8. The number of H-pyrrole nitrogens is 1. The molecule has 3 aromatic rings. The van der Waals surface area contributed by atoms with Crippen molar-refractivity contribution in [2.75, 3.05) is 26.7 Å². The molecule has 3 rings (SSSR count). The first-order chi connectivity index (χ1) is 12.3. The van der Waals surface area contributed by atoms with Gasteiger partial charge in [0.05, 0.1) is 0 Å². The van der Waals surface area contributed by atoms with Crippen molar-refractivity contribution in [3.05, 3.63) is 58.4 Å². The summed E-state index contributed by atoms with van der Waals surface area (Å²) in [6.07, 6.45) is 4.10. The van der Waals surface area contributed by atoms with E-state index in [1.54, 1.807) is 0 Å². The van der Waals surface area contributed by atoms with E-state index in [0.29, 0.717) is 0 Å². The largest absolute Gasteiger partial charge is 0.361 e. The number of benzene rings is 1. The Kier molecular flexibility index (Phi) is 6.12. The first-order valence-corrected chi connectivity index (χ1v) is 9.72. The molecule has 0 radical (unpaired) electrons. The van der Waals surface area contributed by atoms with Gasteiger partial charge in [0.2, 0.25) is 0 Å². The van der Waals surface area contributed by atoms with Crippen molar-refractivity contribution in [3.63, 3.8) is 0 Å². The SMILES string of the molecule is CCNC(=NCCc1c[nH]c2ccccc12)N(C)CCc1cccs1. The fourth-order valence-corrected chi connectivity index (χ4v) is 3.63. The molecule has 2 heterocycles. The zero-order valence-corrected chi connectivity index (χ0v) is 15.8. The van der Waals surface area contributed by atoms with Gasteiger partial charge in [-0.25, -0.2) is 0 Å². The topological polar surface area (TPSA) is 43.4 Å². The van der Waals surface area contributed by atoms with Crippen molar-refractivity contribution in [1.29, 1.82) is 0 Å². The van der Waals surface area contributed by atoms with E-state index < -0.39 is 0 Å². The molecule has 0 amide bonds. The van der Waals surface area contributed by atoms with E-state index in [9.17, 15) is 0 Å². The van der Waals surface area contributed by atoms with Gasteiger partial charge in [-0.3, -0.25) is 4.99 Å². The minimum atomic E-state index is 0.785. The third kappa shape index (κ3) is 4.63. The lowest BCUT2D eigenvalue weighted by molar-refractivity contribution is 0.487.